The zero-order valence-electron chi connectivity index (χ0n) is 19.0. The number of halogens is 3. The van der Waals surface area contributed by atoms with Crippen LogP contribution in [-0.2, 0) is 4.74 Å². The molecule has 3 N–H and O–H groups in total. The highest BCUT2D eigenvalue weighted by Gasteiger charge is 2.44. The third-order valence-corrected chi connectivity index (χ3v) is 8.31. The lowest BCUT2D eigenvalue weighted by Crippen LogP contribution is -2.67. The minimum atomic E-state index is -4.06. The standard InChI is InChI=1S/C24H40F3N3O/c1-15(19-4-3-5-20(14-19)24(25,26)27)28-23-21-8-6-17(18-10-12-31-13-11-18)7-9-22(21)29-16(2)30-23/h6,15-16,18-23,28-30H,3-5,7-14H2,1-2H3. The summed E-state index contributed by atoms with van der Waals surface area (Å²) in [5, 5.41) is 11.1. The van der Waals surface area contributed by atoms with Crippen LogP contribution in [0.4, 0.5) is 13.2 Å². The average molecular weight is 444 g/mol. The third-order valence-electron chi connectivity index (χ3n) is 8.31. The maximum Gasteiger partial charge on any atom is 0.391 e. The molecule has 2 heterocycles. The normalized spacial score (nSPS) is 39.3. The monoisotopic (exact) mass is 443 g/mol. The number of alkyl halides is 3. The van der Waals surface area contributed by atoms with Crippen molar-refractivity contribution in [2.45, 2.75) is 102 Å². The second-order valence-electron chi connectivity index (χ2n) is 10.4. The number of allylic oxidation sites excluding steroid dienone is 2. The number of fused-ring (bicyclic) bond motifs is 1. The molecule has 4 nitrogen and oxygen atoms in total. The van der Waals surface area contributed by atoms with E-state index in [4.69, 9.17) is 4.74 Å². The lowest BCUT2D eigenvalue weighted by Gasteiger charge is -2.45. The van der Waals surface area contributed by atoms with E-state index in [1.807, 2.05) is 0 Å². The van der Waals surface area contributed by atoms with Crippen LogP contribution in [0.3, 0.4) is 0 Å². The Bertz CT molecular complexity index is 620. The molecule has 178 valence electrons. The minimum absolute atomic E-state index is 0.0794. The van der Waals surface area contributed by atoms with E-state index in [1.165, 1.54) is 0 Å². The summed E-state index contributed by atoms with van der Waals surface area (Å²) in [6, 6.07) is 0.514. The fraction of sp³-hybridized carbons (Fsp3) is 0.917. The number of hydrogen-bond donors (Lipinski definition) is 3. The fourth-order valence-electron chi connectivity index (χ4n) is 6.44. The van der Waals surface area contributed by atoms with E-state index in [2.05, 4.69) is 35.9 Å². The molecule has 3 fully saturated rings. The molecule has 2 aliphatic heterocycles. The Balaban J connectivity index is 1.40. The van der Waals surface area contributed by atoms with Crippen molar-refractivity contribution in [2.75, 3.05) is 13.2 Å². The van der Waals surface area contributed by atoms with Crippen LogP contribution in [0.2, 0.25) is 0 Å². The van der Waals surface area contributed by atoms with Crippen LogP contribution in [0.1, 0.15) is 71.6 Å². The van der Waals surface area contributed by atoms with Crippen molar-refractivity contribution in [2.24, 2.45) is 23.7 Å². The first-order valence-electron chi connectivity index (χ1n) is 12.4. The van der Waals surface area contributed by atoms with Gasteiger partial charge in [0.15, 0.2) is 0 Å². The molecule has 0 bridgehead atoms. The number of rotatable bonds is 4. The van der Waals surface area contributed by atoms with Gasteiger partial charge in [0.1, 0.15) is 0 Å². The molecule has 4 rings (SSSR count). The van der Waals surface area contributed by atoms with Crippen molar-refractivity contribution in [3.8, 4) is 0 Å². The molecule has 2 saturated heterocycles. The van der Waals surface area contributed by atoms with Crippen LogP contribution >= 0.6 is 0 Å². The summed E-state index contributed by atoms with van der Waals surface area (Å²) in [7, 11) is 0. The molecule has 0 aromatic rings. The Morgan fingerprint density at radius 1 is 1.10 bits per heavy atom. The van der Waals surface area contributed by atoms with Crippen molar-refractivity contribution in [1.29, 1.82) is 0 Å². The smallest absolute Gasteiger partial charge is 0.381 e. The van der Waals surface area contributed by atoms with Crippen LogP contribution in [0, 0.1) is 23.7 Å². The van der Waals surface area contributed by atoms with Crippen LogP contribution in [0.25, 0.3) is 0 Å². The molecule has 2 aliphatic carbocycles. The quantitative estimate of drug-likeness (QED) is 0.550. The third kappa shape index (κ3) is 5.84. The van der Waals surface area contributed by atoms with Crippen LogP contribution in [0.15, 0.2) is 11.6 Å². The van der Waals surface area contributed by atoms with E-state index in [0.717, 1.165) is 51.7 Å². The molecule has 0 aromatic heterocycles. The van der Waals surface area contributed by atoms with Crippen LogP contribution in [-0.4, -0.2) is 43.8 Å². The Morgan fingerprint density at radius 2 is 1.87 bits per heavy atom. The predicted molar refractivity (Wildman–Crippen MR) is 116 cm³/mol. The predicted octanol–water partition coefficient (Wildman–Crippen LogP) is 4.72. The highest BCUT2D eigenvalue weighted by Crippen LogP contribution is 2.41. The first-order valence-corrected chi connectivity index (χ1v) is 12.4. The molecular formula is C24H40F3N3O. The molecular weight excluding hydrogens is 403 g/mol. The van der Waals surface area contributed by atoms with Gasteiger partial charge < -0.3 is 4.74 Å². The fourth-order valence-corrected chi connectivity index (χ4v) is 6.44. The molecule has 0 amide bonds. The van der Waals surface area contributed by atoms with Crippen molar-refractivity contribution in [3.63, 3.8) is 0 Å². The maximum atomic E-state index is 13.3. The molecule has 4 aliphatic rings. The molecule has 31 heavy (non-hydrogen) atoms. The lowest BCUT2D eigenvalue weighted by molar-refractivity contribution is -0.186. The summed E-state index contributed by atoms with van der Waals surface area (Å²) in [5.74, 6) is 0.0279. The van der Waals surface area contributed by atoms with Gasteiger partial charge in [-0.15, -0.1) is 0 Å². The van der Waals surface area contributed by atoms with Crippen molar-refractivity contribution >= 4 is 0 Å². The van der Waals surface area contributed by atoms with E-state index < -0.39 is 12.1 Å². The van der Waals surface area contributed by atoms with E-state index in [-0.39, 0.29) is 30.7 Å². The van der Waals surface area contributed by atoms with Crippen LogP contribution < -0.4 is 16.0 Å². The summed E-state index contributed by atoms with van der Waals surface area (Å²) in [4.78, 5) is 0. The maximum absolute atomic E-state index is 13.3. The molecule has 7 atom stereocenters. The lowest BCUT2D eigenvalue weighted by atomic mass is 9.77. The van der Waals surface area contributed by atoms with E-state index >= 15 is 0 Å². The summed E-state index contributed by atoms with van der Waals surface area (Å²) in [6.07, 6.45) is 6.42. The van der Waals surface area contributed by atoms with Gasteiger partial charge in [0.2, 0.25) is 0 Å². The van der Waals surface area contributed by atoms with Gasteiger partial charge >= 0.3 is 6.18 Å². The first-order chi connectivity index (χ1) is 14.8. The highest BCUT2D eigenvalue weighted by atomic mass is 19.4. The van der Waals surface area contributed by atoms with Crippen LogP contribution in [0.5, 0.6) is 0 Å². The van der Waals surface area contributed by atoms with Gasteiger partial charge in [0.05, 0.1) is 18.2 Å². The molecule has 0 spiro atoms. The van der Waals surface area contributed by atoms with Gasteiger partial charge in [0, 0.05) is 31.2 Å². The first kappa shape index (κ1) is 23.5. The zero-order valence-corrected chi connectivity index (χ0v) is 19.0. The summed E-state index contributed by atoms with van der Waals surface area (Å²) in [5.41, 5.74) is 1.60. The number of hydrogen-bond acceptors (Lipinski definition) is 4. The average Bonchev–Trinajstić information content (AvgIpc) is 2.96. The Hall–Kier alpha value is -0.630. The van der Waals surface area contributed by atoms with Crippen molar-refractivity contribution < 1.29 is 17.9 Å². The Morgan fingerprint density at radius 3 is 2.61 bits per heavy atom. The zero-order chi connectivity index (χ0) is 22.0. The second kappa shape index (κ2) is 10.1. The SMILES string of the molecule is CC1NC2CCC(C3CCOCC3)=CCC2C(NC(C)C2CCCC(C(F)(F)F)C2)N1. The van der Waals surface area contributed by atoms with Gasteiger partial charge in [-0.2, -0.15) is 13.2 Å². The summed E-state index contributed by atoms with van der Waals surface area (Å²) in [6.45, 7) is 5.97. The van der Waals surface area contributed by atoms with Gasteiger partial charge in [-0.1, -0.05) is 18.1 Å². The topological polar surface area (TPSA) is 45.3 Å². The molecule has 7 heteroatoms. The molecule has 0 radical (unpaired) electrons. The summed E-state index contributed by atoms with van der Waals surface area (Å²) < 4.78 is 45.4. The van der Waals surface area contributed by atoms with Crippen molar-refractivity contribution in [1.82, 2.24) is 16.0 Å². The van der Waals surface area contributed by atoms with Gasteiger partial charge in [0.25, 0.3) is 0 Å². The largest absolute Gasteiger partial charge is 0.391 e. The molecule has 0 aromatic carbocycles. The highest BCUT2D eigenvalue weighted by molar-refractivity contribution is 5.13. The van der Waals surface area contributed by atoms with Gasteiger partial charge in [-0.25, -0.2) is 0 Å². The van der Waals surface area contributed by atoms with Gasteiger partial charge in [-0.05, 0) is 77.0 Å². The van der Waals surface area contributed by atoms with E-state index in [0.29, 0.717) is 30.7 Å². The van der Waals surface area contributed by atoms with E-state index in [9.17, 15) is 13.2 Å². The number of ether oxygens (including phenoxy) is 1. The minimum Gasteiger partial charge on any atom is -0.381 e. The summed E-state index contributed by atoms with van der Waals surface area (Å²) >= 11 is 0. The van der Waals surface area contributed by atoms with E-state index in [1.54, 1.807) is 5.57 Å². The molecule has 7 unspecified atom stereocenters. The second-order valence-corrected chi connectivity index (χ2v) is 10.4. The van der Waals surface area contributed by atoms with Crippen molar-refractivity contribution in [3.05, 3.63) is 11.6 Å². The van der Waals surface area contributed by atoms with Gasteiger partial charge in [-0.3, -0.25) is 16.0 Å². The number of nitrogens with one attached hydrogen (secondary N) is 3. The Labute approximate surface area is 185 Å². The molecule has 1 saturated carbocycles. The Kier molecular flexibility index (Phi) is 7.67.